The molecule has 1 unspecified atom stereocenters. The third kappa shape index (κ3) is 5.13. The Morgan fingerprint density at radius 1 is 1.25 bits per heavy atom. The summed E-state index contributed by atoms with van der Waals surface area (Å²) in [5.41, 5.74) is 1.59. The molecule has 0 aliphatic carbocycles. The fraction of sp³-hybridized carbons (Fsp3) is 0.381. The molecule has 28 heavy (non-hydrogen) atoms. The van der Waals surface area contributed by atoms with Crippen LogP contribution in [0.4, 0.5) is 4.39 Å². The Morgan fingerprint density at radius 2 is 2.00 bits per heavy atom. The summed E-state index contributed by atoms with van der Waals surface area (Å²) in [6.45, 7) is 2.36. The van der Waals surface area contributed by atoms with Crippen LogP contribution in [0, 0.1) is 11.7 Å². The zero-order valence-corrected chi connectivity index (χ0v) is 15.8. The van der Waals surface area contributed by atoms with Gasteiger partial charge in [-0.15, -0.1) is 0 Å². The van der Waals surface area contributed by atoms with Crippen LogP contribution >= 0.6 is 0 Å². The minimum atomic E-state index is -1.26. The van der Waals surface area contributed by atoms with E-state index in [2.05, 4.69) is 4.98 Å². The van der Waals surface area contributed by atoms with E-state index in [0.717, 1.165) is 17.5 Å². The van der Waals surface area contributed by atoms with E-state index in [-0.39, 0.29) is 17.4 Å². The number of rotatable bonds is 7. The first-order chi connectivity index (χ1) is 13.4. The van der Waals surface area contributed by atoms with Crippen molar-refractivity contribution in [2.24, 2.45) is 5.92 Å². The smallest absolute Gasteiger partial charge is 0.338 e. The average molecular weight is 385 g/mol. The number of aromatic carboxylic acids is 1. The first-order valence-corrected chi connectivity index (χ1v) is 9.29. The van der Waals surface area contributed by atoms with Gasteiger partial charge in [-0.25, -0.2) is 9.18 Å². The van der Waals surface area contributed by atoms with Gasteiger partial charge in [0.05, 0.1) is 12.1 Å². The Labute approximate surface area is 163 Å². The van der Waals surface area contributed by atoms with Crippen molar-refractivity contribution in [2.45, 2.75) is 19.4 Å². The van der Waals surface area contributed by atoms with Gasteiger partial charge >= 0.3 is 5.97 Å². The highest BCUT2D eigenvalue weighted by Crippen LogP contribution is 2.22. The number of likely N-dealkylation sites (tertiary alicyclic amines) is 1. The Balaban J connectivity index is 1.51. The van der Waals surface area contributed by atoms with E-state index in [0.29, 0.717) is 32.6 Å². The largest absolute Gasteiger partial charge is 0.478 e. The van der Waals surface area contributed by atoms with Crippen LogP contribution in [0.5, 0.6) is 0 Å². The van der Waals surface area contributed by atoms with Crippen LogP contribution in [-0.4, -0.2) is 58.4 Å². The molecule has 7 heteroatoms. The van der Waals surface area contributed by atoms with Gasteiger partial charge in [0.15, 0.2) is 0 Å². The second kappa shape index (κ2) is 8.93. The van der Waals surface area contributed by atoms with Gasteiger partial charge in [-0.2, -0.15) is 0 Å². The number of likely N-dealkylation sites (N-methyl/N-ethyl adjacent to an activating group) is 1. The number of hydrogen-bond acceptors (Lipinski definition) is 4. The lowest BCUT2D eigenvalue weighted by Gasteiger charge is -2.21. The van der Waals surface area contributed by atoms with Crippen LogP contribution in [0.1, 0.15) is 27.9 Å². The van der Waals surface area contributed by atoms with Crippen LogP contribution in [0.2, 0.25) is 0 Å². The predicted octanol–water partition coefficient (Wildman–Crippen LogP) is 2.44. The SMILES string of the molecule is CN(CC(=O)N1CCC(Cc2ccc(F)c(C(=O)O)c2)C1)Cc1ccncc1. The number of aromatic nitrogens is 1. The van der Waals surface area contributed by atoms with Crippen molar-refractivity contribution in [3.8, 4) is 0 Å². The van der Waals surface area contributed by atoms with Crippen LogP contribution in [-0.2, 0) is 17.8 Å². The van der Waals surface area contributed by atoms with Crippen molar-refractivity contribution < 1.29 is 19.1 Å². The van der Waals surface area contributed by atoms with Gasteiger partial charge in [0, 0.05) is 32.0 Å². The summed E-state index contributed by atoms with van der Waals surface area (Å²) in [4.78, 5) is 31.5. The lowest BCUT2D eigenvalue weighted by atomic mass is 9.97. The second-order valence-corrected chi connectivity index (χ2v) is 7.35. The minimum Gasteiger partial charge on any atom is -0.478 e. The number of carbonyl (C=O) groups is 2. The van der Waals surface area contributed by atoms with Crippen molar-refractivity contribution in [3.05, 3.63) is 65.2 Å². The molecule has 3 rings (SSSR count). The zero-order valence-electron chi connectivity index (χ0n) is 15.8. The minimum absolute atomic E-state index is 0.0874. The van der Waals surface area contributed by atoms with Gasteiger partial charge < -0.3 is 10.0 Å². The number of benzene rings is 1. The Hall–Kier alpha value is -2.80. The third-order valence-corrected chi connectivity index (χ3v) is 5.03. The van der Waals surface area contributed by atoms with E-state index >= 15 is 0 Å². The number of halogens is 1. The van der Waals surface area contributed by atoms with Gasteiger partial charge in [0.2, 0.25) is 5.91 Å². The maximum Gasteiger partial charge on any atom is 0.338 e. The highest BCUT2D eigenvalue weighted by atomic mass is 19.1. The van der Waals surface area contributed by atoms with E-state index in [1.807, 2.05) is 29.0 Å². The molecule has 1 aromatic heterocycles. The molecule has 6 nitrogen and oxygen atoms in total. The van der Waals surface area contributed by atoms with Crippen molar-refractivity contribution in [2.75, 3.05) is 26.7 Å². The molecule has 1 fully saturated rings. The summed E-state index contributed by atoms with van der Waals surface area (Å²) in [7, 11) is 1.91. The lowest BCUT2D eigenvalue weighted by molar-refractivity contribution is -0.131. The molecular formula is C21H24FN3O3. The fourth-order valence-corrected chi connectivity index (χ4v) is 3.61. The molecule has 1 aromatic carbocycles. The van der Waals surface area contributed by atoms with Crippen LogP contribution in [0.3, 0.4) is 0 Å². The summed E-state index contributed by atoms with van der Waals surface area (Å²) < 4.78 is 13.5. The second-order valence-electron chi connectivity index (χ2n) is 7.35. The van der Waals surface area contributed by atoms with Crippen molar-refractivity contribution in [1.29, 1.82) is 0 Å². The van der Waals surface area contributed by atoms with E-state index in [9.17, 15) is 14.0 Å². The number of hydrogen-bond donors (Lipinski definition) is 1. The fourth-order valence-electron chi connectivity index (χ4n) is 3.61. The molecule has 0 radical (unpaired) electrons. The van der Waals surface area contributed by atoms with Gasteiger partial charge in [0.25, 0.3) is 0 Å². The van der Waals surface area contributed by atoms with E-state index in [1.54, 1.807) is 18.5 Å². The Morgan fingerprint density at radius 3 is 2.71 bits per heavy atom. The number of carbonyl (C=O) groups excluding carboxylic acids is 1. The third-order valence-electron chi connectivity index (χ3n) is 5.03. The van der Waals surface area contributed by atoms with Crippen molar-refractivity contribution >= 4 is 11.9 Å². The summed E-state index contributed by atoms with van der Waals surface area (Å²) in [6.07, 6.45) is 4.97. The molecule has 2 aromatic rings. The molecule has 0 spiro atoms. The van der Waals surface area contributed by atoms with Crippen LogP contribution in [0.25, 0.3) is 0 Å². The van der Waals surface area contributed by atoms with Crippen molar-refractivity contribution in [1.82, 2.24) is 14.8 Å². The molecule has 1 atom stereocenters. The molecule has 1 saturated heterocycles. The molecule has 0 bridgehead atoms. The molecule has 1 amide bonds. The molecule has 1 aliphatic rings. The van der Waals surface area contributed by atoms with E-state index < -0.39 is 11.8 Å². The summed E-state index contributed by atoms with van der Waals surface area (Å²) >= 11 is 0. The molecule has 0 saturated carbocycles. The molecule has 1 N–H and O–H groups in total. The van der Waals surface area contributed by atoms with Gasteiger partial charge in [-0.1, -0.05) is 6.07 Å². The van der Waals surface area contributed by atoms with Crippen LogP contribution < -0.4 is 0 Å². The van der Waals surface area contributed by atoms with Gasteiger partial charge in [-0.3, -0.25) is 14.7 Å². The number of pyridine rings is 1. The van der Waals surface area contributed by atoms with Crippen LogP contribution in [0.15, 0.2) is 42.7 Å². The molecular weight excluding hydrogens is 361 g/mol. The lowest BCUT2D eigenvalue weighted by Crippen LogP contribution is -2.37. The first-order valence-electron chi connectivity index (χ1n) is 9.29. The Kier molecular flexibility index (Phi) is 6.36. The highest BCUT2D eigenvalue weighted by molar-refractivity contribution is 5.88. The quantitative estimate of drug-likeness (QED) is 0.793. The number of nitrogens with zero attached hydrogens (tertiary/aromatic N) is 3. The normalized spacial score (nSPS) is 16.5. The summed E-state index contributed by atoms with van der Waals surface area (Å²) in [5, 5.41) is 9.05. The highest BCUT2D eigenvalue weighted by Gasteiger charge is 2.27. The van der Waals surface area contributed by atoms with Crippen molar-refractivity contribution in [3.63, 3.8) is 0 Å². The maximum absolute atomic E-state index is 13.5. The Bertz CT molecular complexity index is 844. The standard InChI is InChI=1S/C21H24FN3O3/c1-24(12-15-4-7-23-8-5-15)14-20(26)25-9-6-17(13-25)10-16-2-3-19(22)18(11-16)21(27)28/h2-5,7-8,11,17H,6,9-10,12-14H2,1H3,(H,27,28). The maximum atomic E-state index is 13.5. The number of amides is 1. The van der Waals surface area contributed by atoms with Gasteiger partial charge in [0.1, 0.15) is 5.82 Å². The number of carboxylic acids is 1. The first kappa shape index (κ1) is 19.9. The monoisotopic (exact) mass is 385 g/mol. The summed E-state index contributed by atoms with van der Waals surface area (Å²) in [6, 6.07) is 8.08. The predicted molar refractivity (Wildman–Crippen MR) is 102 cm³/mol. The molecule has 1 aliphatic heterocycles. The topological polar surface area (TPSA) is 73.7 Å². The van der Waals surface area contributed by atoms with E-state index in [1.165, 1.54) is 12.1 Å². The van der Waals surface area contributed by atoms with Gasteiger partial charge in [-0.05, 0) is 61.2 Å². The average Bonchev–Trinajstić information content (AvgIpc) is 3.12. The summed E-state index contributed by atoms with van der Waals surface area (Å²) in [5.74, 6) is -1.65. The zero-order chi connectivity index (χ0) is 20.1. The van der Waals surface area contributed by atoms with E-state index in [4.69, 9.17) is 5.11 Å². The molecule has 2 heterocycles. The number of carboxylic acid groups (broad SMARTS) is 1. The molecule has 148 valence electrons.